The number of nitrogens with one attached hydrogen (secondary N) is 1. The predicted molar refractivity (Wildman–Crippen MR) is 102 cm³/mol. The van der Waals surface area contributed by atoms with Gasteiger partial charge in [0.05, 0.1) is 17.9 Å². The number of hydrogen-bond acceptors (Lipinski definition) is 5. The minimum absolute atomic E-state index is 0.179. The van der Waals surface area contributed by atoms with Gasteiger partial charge >= 0.3 is 5.97 Å². The molecule has 0 saturated carbocycles. The van der Waals surface area contributed by atoms with Crippen molar-refractivity contribution in [3.8, 4) is 5.75 Å². The Kier molecular flexibility index (Phi) is 6.93. The number of esters is 1. The van der Waals surface area contributed by atoms with Crippen molar-refractivity contribution < 1.29 is 23.9 Å². The summed E-state index contributed by atoms with van der Waals surface area (Å²) >= 11 is 0. The molecule has 0 unspecified atom stereocenters. The Morgan fingerprint density at radius 2 is 1.78 bits per heavy atom. The molecule has 1 N–H and O–H groups in total. The molecule has 2 rings (SSSR count). The van der Waals surface area contributed by atoms with Crippen molar-refractivity contribution in [3.05, 3.63) is 54.1 Å². The number of ether oxygens (including phenoxy) is 2. The van der Waals surface area contributed by atoms with Gasteiger partial charge in [-0.1, -0.05) is 18.2 Å². The first-order chi connectivity index (χ1) is 12.9. The van der Waals surface area contributed by atoms with Crippen LogP contribution in [0.3, 0.4) is 0 Å². The number of hydrogen-bond donors (Lipinski definition) is 1. The van der Waals surface area contributed by atoms with Gasteiger partial charge in [0.1, 0.15) is 5.75 Å². The Hall–Kier alpha value is -3.35. The topological polar surface area (TPSA) is 84.9 Å². The average Bonchev–Trinajstić information content (AvgIpc) is 2.66. The van der Waals surface area contributed by atoms with Gasteiger partial charge in [-0.15, -0.1) is 0 Å². The van der Waals surface area contributed by atoms with E-state index in [9.17, 15) is 14.4 Å². The molecule has 2 amide bonds. The van der Waals surface area contributed by atoms with Gasteiger partial charge in [0.25, 0.3) is 5.91 Å². The molecule has 0 aliphatic heterocycles. The first-order valence-electron chi connectivity index (χ1n) is 8.45. The number of carbonyl (C=O) groups is 3. The SMILES string of the molecule is CCOC(=O)c1cc(NC(C)=O)ccc1N(C)C(=O)COc1ccccc1. The molecule has 142 valence electrons. The zero-order valence-electron chi connectivity index (χ0n) is 15.5. The molecule has 0 fully saturated rings. The highest BCUT2D eigenvalue weighted by atomic mass is 16.5. The smallest absolute Gasteiger partial charge is 0.340 e. The van der Waals surface area contributed by atoms with Crippen LogP contribution in [0.4, 0.5) is 11.4 Å². The highest BCUT2D eigenvalue weighted by Gasteiger charge is 2.21. The average molecular weight is 370 g/mol. The molecular formula is C20H22N2O5. The van der Waals surface area contributed by atoms with Crippen molar-refractivity contribution in [3.63, 3.8) is 0 Å². The van der Waals surface area contributed by atoms with Crippen molar-refractivity contribution >= 4 is 29.2 Å². The highest BCUT2D eigenvalue weighted by Crippen LogP contribution is 2.25. The summed E-state index contributed by atoms with van der Waals surface area (Å²) in [5.74, 6) is -0.607. The number of anilines is 2. The number of amides is 2. The molecule has 7 nitrogen and oxygen atoms in total. The second kappa shape index (κ2) is 9.38. The zero-order valence-corrected chi connectivity index (χ0v) is 15.5. The molecule has 0 radical (unpaired) electrons. The van der Waals surface area contributed by atoms with Crippen LogP contribution < -0.4 is 15.0 Å². The van der Waals surface area contributed by atoms with Gasteiger partial charge in [0.15, 0.2) is 6.61 Å². The lowest BCUT2D eigenvalue weighted by molar-refractivity contribution is -0.120. The third-order valence-electron chi connectivity index (χ3n) is 3.65. The molecule has 2 aromatic rings. The second-order valence-corrected chi connectivity index (χ2v) is 5.69. The number of benzene rings is 2. The quantitative estimate of drug-likeness (QED) is 0.758. The molecule has 0 atom stereocenters. The fourth-order valence-corrected chi connectivity index (χ4v) is 2.37. The summed E-state index contributed by atoms with van der Waals surface area (Å²) in [4.78, 5) is 37.4. The summed E-state index contributed by atoms with van der Waals surface area (Å²) in [6.45, 7) is 3.07. The lowest BCUT2D eigenvalue weighted by Gasteiger charge is -2.21. The summed E-state index contributed by atoms with van der Waals surface area (Å²) in [5, 5.41) is 2.61. The van der Waals surface area contributed by atoms with Crippen LogP contribution in [0.25, 0.3) is 0 Å². The zero-order chi connectivity index (χ0) is 19.8. The molecule has 0 aliphatic rings. The minimum Gasteiger partial charge on any atom is -0.484 e. The van der Waals surface area contributed by atoms with Crippen LogP contribution >= 0.6 is 0 Å². The van der Waals surface area contributed by atoms with Gasteiger partial charge in [0, 0.05) is 19.7 Å². The number of para-hydroxylation sites is 1. The Balaban J connectivity index is 2.21. The number of nitrogens with zero attached hydrogens (tertiary/aromatic N) is 1. The van der Waals surface area contributed by atoms with Gasteiger partial charge in [-0.2, -0.15) is 0 Å². The molecule has 2 aromatic carbocycles. The van der Waals surface area contributed by atoms with Crippen LogP contribution in [0.15, 0.2) is 48.5 Å². The van der Waals surface area contributed by atoms with Gasteiger partial charge in [0.2, 0.25) is 5.91 Å². The molecule has 0 heterocycles. The monoisotopic (exact) mass is 370 g/mol. The van der Waals surface area contributed by atoms with E-state index in [0.717, 1.165) is 0 Å². The Morgan fingerprint density at radius 3 is 2.41 bits per heavy atom. The van der Waals surface area contributed by atoms with E-state index in [2.05, 4.69) is 5.32 Å². The van der Waals surface area contributed by atoms with E-state index in [1.165, 1.54) is 17.9 Å². The maximum absolute atomic E-state index is 12.5. The lowest BCUT2D eigenvalue weighted by Crippen LogP contribution is -2.32. The molecular weight excluding hydrogens is 348 g/mol. The molecule has 0 aromatic heterocycles. The lowest BCUT2D eigenvalue weighted by atomic mass is 10.1. The molecule has 0 aliphatic carbocycles. The van der Waals surface area contributed by atoms with E-state index < -0.39 is 5.97 Å². The van der Waals surface area contributed by atoms with Crippen molar-refractivity contribution in [2.24, 2.45) is 0 Å². The second-order valence-electron chi connectivity index (χ2n) is 5.69. The molecule has 27 heavy (non-hydrogen) atoms. The maximum atomic E-state index is 12.5. The molecule has 7 heteroatoms. The molecule has 0 saturated heterocycles. The largest absolute Gasteiger partial charge is 0.484 e. The summed E-state index contributed by atoms with van der Waals surface area (Å²) in [6.07, 6.45) is 0. The van der Waals surface area contributed by atoms with Crippen molar-refractivity contribution in [2.75, 3.05) is 30.5 Å². The van der Waals surface area contributed by atoms with E-state index in [1.54, 1.807) is 38.2 Å². The molecule has 0 bridgehead atoms. The number of likely N-dealkylation sites (N-methyl/N-ethyl adjacent to an activating group) is 1. The van der Waals surface area contributed by atoms with E-state index in [1.807, 2.05) is 18.2 Å². The van der Waals surface area contributed by atoms with E-state index in [4.69, 9.17) is 9.47 Å². The third-order valence-corrected chi connectivity index (χ3v) is 3.65. The summed E-state index contributed by atoms with van der Waals surface area (Å²) in [6, 6.07) is 13.6. The predicted octanol–water partition coefficient (Wildman–Crippen LogP) is 2.86. The third kappa shape index (κ3) is 5.57. The highest BCUT2D eigenvalue weighted by molar-refractivity contribution is 6.04. The number of rotatable bonds is 7. The fraction of sp³-hybridized carbons (Fsp3) is 0.250. The first-order valence-corrected chi connectivity index (χ1v) is 8.45. The normalized spacial score (nSPS) is 10.0. The van der Waals surface area contributed by atoms with Gasteiger partial charge in [-0.05, 0) is 37.3 Å². The van der Waals surface area contributed by atoms with E-state index in [0.29, 0.717) is 17.1 Å². The van der Waals surface area contributed by atoms with Crippen LogP contribution in [-0.4, -0.2) is 38.0 Å². The Labute approximate surface area is 157 Å². The van der Waals surface area contributed by atoms with Crippen LogP contribution in [0.5, 0.6) is 5.75 Å². The van der Waals surface area contributed by atoms with Crippen molar-refractivity contribution in [1.82, 2.24) is 0 Å². The van der Waals surface area contributed by atoms with Crippen LogP contribution in [-0.2, 0) is 14.3 Å². The maximum Gasteiger partial charge on any atom is 0.340 e. The summed E-state index contributed by atoms with van der Waals surface area (Å²) in [7, 11) is 1.55. The Bertz CT molecular complexity index is 820. The van der Waals surface area contributed by atoms with Gasteiger partial charge in [-0.25, -0.2) is 4.79 Å². The van der Waals surface area contributed by atoms with Gasteiger partial charge < -0.3 is 19.7 Å². The van der Waals surface area contributed by atoms with E-state index >= 15 is 0 Å². The fourth-order valence-electron chi connectivity index (χ4n) is 2.37. The van der Waals surface area contributed by atoms with E-state index in [-0.39, 0.29) is 30.6 Å². The van der Waals surface area contributed by atoms with Crippen molar-refractivity contribution in [2.45, 2.75) is 13.8 Å². The summed E-state index contributed by atoms with van der Waals surface area (Å²) in [5.41, 5.74) is 0.985. The standard InChI is InChI=1S/C20H22N2O5/c1-4-26-20(25)17-12-15(21-14(2)23)10-11-18(17)22(3)19(24)13-27-16-8-6-5-7-9-16/h5-12H,4,13H2,1-3H3,(H,21,23). The number of carbonyl (C=O) groups excluding carboxylic acids is 3. The Morgan fingerprint density at radius 1 is 1.07 bits per heavy atom. The minimum atomic E-state index is -0.580. The molecule has 0 spiro atoms. The van der Waals surface area contributed by atoms with Gasteiger partial charge in [-0.3, -0.25) is 9.59 Å². The van der Waals surface area contributed by atoms with Crippen LogP contribution in [0.2, 0.25) is 0 Å². The first kappa shape index (κ1) is 20.0. The van der Waals surface area contributed by atoms with Crippen LogP contribution in [0.1, 0.15) is 24.2 Å². The van der Waals surface area contributed by atoms with Crippen LogP contribution in [0, 0.1) is 0 Å². The van der Waals surface area contributed by atoms with Crippen molar-refractivity contribution in [1.29, 1.82) is 0 Å². The summed E-state index contributed by atoms with van der Waals surface area (Å²) < 4.78 is 10.5.